The summed E-state index contributed by atoms with van der Waals surface area (Å²) in [6.45, 7) is 19.4. The van der Waals surface area contributed by atoms with Crippen molar-refractivity contribution in [2.45, 2.75) is 142 Å². The molecule has 0 spiro atoms. The zero-order chi connectivity index (χ0) is 40.0. The molecule has 0 radical (unpaired) electrons. The molecule has 0 N–H and O–H groups in total. The van der Waals surface area contributed by atoms with E-state index in [0.717, 1.165) is 41.0 Å². The highest BCUT2D eigenvalue weighted by atomic mass is 31.2. The SMILES string of the molecule is CCOP1(=O)CCN(Cc2ccccc2-c2ccnn2[C@@H]2CCCCO2)C[C@@]1(CCCCN(C(=O)OC(C)(C)C)C(=O)OC(C)(C)C)C(=O)OC(C)(C)C. The smallest absolute Gasteiger partial charge is 0.419 e. The van der Waals surface area contributed by atoms with Crippen LogP contribution in [0, 0.1) is 0 Å². The molecule has 4 rings (SSSR count). The number of hydrogen-bond acceptors (Lipinski definition) is 11. The van der Waals surface area contributed by atoms with Crippen molar-refractivity contribution >= 4 is 25.5 Å². The summed E-state index contributed by atoms with van der Waals surface area (Å²) >= 11 is 0. The van der Waals surface area contributed by atoms with Crippen LogP contribution in [0.5, 0.6) is 0 Å². The molecule has 0 bridgehead atoms. The Morgan fingerprint density at radius 1 is 0.926 bits per heavy atom. The largest absolute Gasteiger partial charge is 0.459 e. The lowest BCUT2D eigenvalue weighted by Gasteiger charge is -2.46. The minimum Gasteiger partial charge on any atom is -0.459 e. The van der Waals surface area contributed by atoms with Gasteiger partial charge in [-0.15, -0.1) is 0 Å². The highest BCUT2D eigenvalue weighted by Gasteiger charge is 2.59. The molecule has 3 atom stereocenters. The molecule has 2 aliphatic heterocycles. The summed E-state index contributed by atoms with van der Waals surface area (Å²) < 4.78 is 46.3. The third-order valence-corrected chi connectivity index (χ3v) is 12.5. The van der Waals surface area contributed by atoms with Crippen LogP contribution in [0.25, 0.3) is 11.3 Å². The fourth-order valence-electron chi connectivity index (χ4n) is 6.90. The van der Waals surface area contributed by atoms with Crippen LogP contribution in [-0.4, -0.2) is 98.7 Å². The number of unbranched alkanes of at least 4 members (excludes halogenated alkanes) is 1. The maximum Gasteiger partial charge on any atom is 0.419 e. The first-order valence-corrected chi connectivity index (χ1v) is 21.1. The number of amides is 2. The van der Waals surface area contributed by atoms with Crippen LogP contribution < -0.4 is 0 Å². The van der Waals surface area contributed by atoms with E-state index < -0.39 is 47.5 Å². The van der Waals surface area contributed by atoms with E-state index in [0.29, 0.717) is 32.5 Å². The Bertz CT molecular complexity index is 1610. The Balaban J connectivity index is 1.63. The Morgan fingerprint density at radius 3 is 2.17 bits per heavy atom. The predicted molar refractivity (Wildman–Crippen MR) is 207 cm³/mol. The topological polar surface area (TPSA) is 139 Å². The second-order valence-electron chi connectivity index (χ2n) is 17.3. The second kappa shape index (κ2) is 17.7. The van der Waals surface area contributed by atoms with Gasteiger partial charge in [0.25, 0.3) is 0 Å². The van der Waals surface area contributed by atoms with Crippen LogP contribution in [-0.2, 0) is 39.4 Å². The third-order valence-electron chi connectivity index (χ3n) is 9.20. The van der Waals surface area contributed by atoms with Gasteiger partial charge in [0.2, 0.25) is 7.37 Å². The van der Waals surface area contributed by atoms with Crippen molar-refractivity contribution in [3.8, 4) is 11.3 Å². The van der Waals surface area contributed by atoms with E-state index in [-0.39, 0.29) is 38.5 Å². The lowest BCUT2D eigenvalue weighted by molar-refractivity contribution is -0.160. The third kappa shape index (κ3) is 11.4. The number of carbonyl (C=O) groups excluding carboxylic acids is 3. The van der Waals surface area contributed by atoms with Crippen molar-refractivity contribution in [2.24, 2.45) is 0 Å². The van der Waals surface area contributed by atoms with Gasteiger partial charge in [-0.3, -0.25) is 14.3 Å². The predicted octanol–water partition coefficient (Wildman–Crippen LogP) is 8.80. The molecule has 54 heavy (non-hydrogen) atoms. The summed E-state index contributed by atoms with van der Waals surface area (Å²) in [5.74, 6) is -0.576. The number of nitrogens with zero attached hydrogens (tertiary/aromatic N) is 4. The van der Waals surface area contributed by atoms with E-state index >= 15 is 4.57 Å². The lowest BCUT2D eigenvalue weighted by atomic mass is 9.97. The van der Waals surface area contributed by atoms with Crippen molar-refractivity contribution < 1.29 is 42.4 Å². The lowest BCUT2D eigenvalue weighted by Crippen LogP contribution is -2.56. The summed E-state index contributed by atoms with van der Waals surface area (Å²) in [6.07, 6.45) is 3.97. The number of benzene rings is 1. The molecule has 0 saturated carbocycles. The Labute approximate surface area is 321 Å². The molecule has 2 fully saturated rings. The van der Waals surface area contributed by atoms with Gasteiger partial charge in [-0.1, -0.05) is 24.3 Å². The number of aromatic nitrogens is 2. The van der Waals surface area contributed by atoms with E-state index in [2.05, 4.69) is 22.1 Å². The molecular formula is C40H63N4O9P. The Hall–Kier alpha value is -3.25. The summed E-state index contributed by atoms with van der Waals surface area (Å²) in [5.41, 5.74) is 0.472. The Kier molecular flexibility index (Phi) is 14.2. The van der Waals surface area contributed by atoms with Gasteiger partial charge in [0.05, 0.1) is 12.3 Å². The van der Waals surface area contributed by atoms with Crippen LogP contribution in [0.15, 0.2) is 36.5 Å². The first-order valence-electron chi connectivity index (χ1n) is 19.3. The van der Waals surface area contributed by atoms with Gasteiger partial charge in [-0.25, -0.2) is 19.2 Å². The number of ether oxygens (including phenoxy) is 4. The monoisotopic (exact) mass is 774 g/mol. The maximum atomic E-state index is 15.0. The quantitative estimate of drug-likeness (QED) is 0.0885. The van der Waals surface area contributed by atoms with Crippen molar-refractivity contribution in [1.82, 2.24) is 19.6 Å². The number of rotatable bonds is 12. The molecule has 2 aromatic rings. The average Bonchev–Trinajstić information content (AvgIpc) is 3.54. The van der Waals surface area contributed by atoms with Crippen molar-refractivity contribution in [3.05, 3.63) is 42.1 Å². The van der Waals surface area contributed by atoms with E-state index in [9.17, 15) is 14.4 Å². The minimum absolute atomic E-state index is 0.0252. The molecule has 14 heteroatoms. The second-order valence-corrected chi connectivity index (χ2v) is 20.2. The standard InChI is InChI=1S/C40H63N4O9P/c1-11-50-54(48)27-25-42(28-30-18-12-13-19-31(30)32-21-23-41-44(32)33-20-14-17-26-49-33)29-40(54,34(45)51-37(2,3)4)22-15-16-24-43(35(46)52-38(5,6)7)36(47)53-39(8,9)10/h12-13,18-19,21,23,33H,11,14-17,20,22,24-29H2,1-10H3/t33-,40-,54?/m0/s1. The molecule has 3 heterocycles. The molecule has 2 aliphatic rings. The van der Waals surface area contributed by atoms with Crippen LogP contribution in [0.4, 0.5) is 9.59 Å². The van der Waals surface area contributed by atoms with Gasteiger partial charge < -0.3 is 23.5 Å². The fourth-order valence-corrected chi connectivity index (χ4v) is 9.91. The summed E-state index contributed by atoms with van der Waals surface area (Å²) in [6, 6.07) is 10.1. The van der Waals surface area contributed by atoms with Crippen LogP contribution in [0.2, 0.25) is 0 Å². The average molecular weight is 775 g/mol. The van der Waals surface area contributed by atoms with E-state index in [1.54, 1.807) is 75.4 Å². The number of carbonyl (C=O) groups is 3. The molecule has 2 amide bonds. The molecule has 1 aromatic carbocycles. The zero-order valence-electron chi connectivity index (χ0n) is 34.1. The number of hydrogen-bond donors (Lipinski definition) is 0. The first kappa shape index (κ1) is 43.5. The highest BCUT2D eigenvalue weighted by Crippen LogP contribution is 2.64. The minimum atomic E-state index is -3.63. The molecule has 2 saturated heterocycles. The first-order chi connectivity index (χ1) is 25.2. The van der Waals surface area contributed by atoms with Crippen molar-refractivity contribution in [3.63, 3.8) is 0 Å². The van der Waals surface area contributed by atoms with Gasteiger partial charge in [0.1, 0.15) is 16.8 Å². The summed E-state index contributed by atoms with van der Waals surface area (Å²) in [5, 5.41) is 3.14. The molecule has 1 aromatic heterocycles. The van der Waals surface area contributed by atoms with Gasteiger partial charge in [0, 0.05) is 50.7 Å². The van der Waals surface area contributed by atoms with E-state index in [4.69, 9.17) is 23.5 Å². The van der Waals surface area contributed by atoms with Crippen LogP contribution in [0.3, 0.4) is 0 Å². The van der Waals surface area contributed by atoms with Gasteiger partial charge in [-0.2, -0.15) is 5.10 Å². The normalized spacial score (nSPS) is 22.7. The number of imide groups is 1. The molecule has 1 unspecified atom stereocenters. The molecular weight excluding hydrogens is 711 g/mol. The fraction of sp³-hybridized carbons (Fsp3) is 0.700. The zero-order valence-corrected chi connectivity index (χ0v) is 35.0. The molecule has 13 nitrogen and oxygen atoms in total. The highest BCUT2D eigenvalue weighted by molar-refractivity contribution is 7.62. The van der Waals surface area contributed by atoms with Crippen molar-refractivity contribution in [2.75, 3.05) is 39.0 Å². The molecule has 302 valence electrons. The maximum absolute atomic E-state index is 15.0. The van der Waals surface area contributed by atoms with Gasteiger partial charge >= 0.3 is 18.2 Å². The Morgan fingerprint density at radius 2 is 1.57 bits per heavy atom. The summed E-state index contributed by atoms with van der Waals surface area (Å²) in [7, 11) is -3.63. The van der Waals surface area contributed by atoms with E-state index in [1.807, 2.05) is 22.9 Å². The van der Waals surface area contributed by atoms with Crippen LogP contribution in [0.1, 0.15) is 120 Å². The van der Waals surface area contributed by atoms with Crippen LogP contribution >= 0.6 is 7.37 Å². The summed E-state index contributed by atoms with van der Waals surface area (Å²) in [4.78, 5) is 43.9. The van der Waals surface area contributed by atoms with E-state index in [1.165, 1.54) is 0 Å². The van der Waals surface area contributed by atoms with Gasteiger partial charge in [0.15, 0.2) is 11.4 Å². The van der Waals surface area contributed by atoms with Crippen molar-refractivity contribution in [1.29, 1.82) is 0 Å². The number of esters is 1. The van der Waals surface area contributed by atoms with Gasteiger partial charge in [-0.05, 0) is 119 Å². The molecule has 0 aliphatic carbocycles.